The topological polar surface area (TPSA) is 95.4 Å². The van der Waals surface area contributed by atoms with Crippen molar-refractivity contribution in [3.8, 4) is 0 Å². The molecule has 1 saturated carbocycles. The predicted molar refractivity (Wildman–Crippen MR) is 114 cm³/mol. The molecule has 0 saturated heterocycles. The number of carbonyl (C=O) groups excluding carboxylic acids is 2. The lowest BCUT2D eigenvalue weighted by Crippen LogP contribution is -2.44. The van der Waals surface area contributed by atoms with Crippen LogP contribution in [-0.2, 0) is 10.2 Å². The van der Waals surface area contributed by atoms with E-state index in [0.29, 0.717) is 30.6 Å². The van der Waals surface area contributed by atoms with Gasteiger partial charge in [-0.05, 0) is 38.2 Å². The highest BCUT2D eigenvalue weighted by atomic mass is 16.3. The molecule has 7 nitrogen and oxygen atoms in total. The zero-order chi connectivity index (χ0) is 21.7. The molecule has 0 bridgehead atoms. The van der Waals surface area contributed by atoms with Gasteiger partial charge in [0.15, 0.2) is 0 Å². The highest BCUT2D eigenvalue weighted by Crippen LogP contribution is 2.39. The molecule has 2 N–H and O–H groups in total. The normalized spacial score (nSPS) is 24.0. The maximum Gasteiger partial charge on any atom is 0.257 e. The van der Waals surface area contributed by atoms with Crippen LogP contribution in [0.3, 0.4) is 0 Å². The van der Waals surface area contributed by atoms with Crippen LogP contribution in [0.5, 0.6) is 0 Å². The van der Waals surface area contributed by atoms with Gasteiger partial charge in [0.1, 0.15) is 6.33 Å². The van der Waals surface area contributed by atoms with Gasteiger partial charge in [0.25, 0.3) is 5.91 Å². The molecule has 0 aliphatic heterocycles. The van der Waals surface area contributed by atoms with Gasteiger partial charge in [0, 0.05) is 32.1 Å². The fourth-order valence-corrected chi connectivity index (χ4v) is 4.40. The van der Waals surface area contributed by atoms with Crippen LogP contribution < -0.4 is 5.32 Å². The minimum Gasteiger partial charge on any atom is -0.391 e. The van der Waals surface area contributed by atoms with Gasteiger partial charge in [-0.3, -0.25) is 9.59 Å². The summed E-state index contributed by atoms with van der Waals surface area (Å²) in [6.45, 7) is 3.80. The zero-order valence-electron chi connectivity index (χ0n) is 17.8. The molecule has 0 spiro atoms. The van der Waals surface area contributed by atoms with E-state index in [1.54, 1.807) is 18.9 Å². The van der Waals surface area contributed by atoms with Crippen molar-refractivity contribution in [3.05, 3.63) is 59.7 Å². The third-order valence-electron chi connectivity index (χ3n) is 6.30. The highest BCUT2D eigenvalue weighted by molar-refractivity contribution is 5.95. The second kappa shape index (κ2) is 9.34. The summed E-state index contributed by atoms with van der Waals surface area (Å²) in [4.78, 5) is 34.4. The molecule has 1 aromatic carbocycles. The van der Waals surface area contributed by atoms with Crippen molar-refractivity contribution in [3.63, 3.8) is 0 Å². The largest absolute Gasteiger partial charge is 0.391 e. The van der Waals surface area contributed by atoms with Gasteiger partial charge >= 0.3 is 0 Å². The summed E-state index contributed by atoms with van der Waals surface area (Å²) in [5.74, 6) is -0.260. The van der Waals surface area contributed by atoms with Crippen molar-refractivity contribution in [2.45, 2.75) is 57.1 Å². The molecule has 160 valence electrons. The van der Waals surface area contributed by atoms with Crippen molar-refractivity contribution >= 4 is 11.8 Å². The number of aliphatic hydroxyl groups is 1. The van der Waals surface area contributed by atoms with Gasteiger partial charge in [-0.2, -0.15) is 0 Å². The number of likely N-dealkylation sites (N-methyl/N-ethyl adjacent to an activating group) is 1. The molecule has 1 aliphatic rings. The van der Waals surface area contributed by atoms with Crippen molar-refractivity contribution < 1.29 is 14.7 Å². The quantitative estimate of drug-likeness (QED) is 0.737. The van der Waals surface area contributed by atoms with Crippen LogP contribution in [-0.4, -0.2) is 57.5 Å². The van der Waals surface area contributed by atoms with Gasteiger partial charge in [0.05, 0.1) is 23.4 Å². The first-order valence-electron chi connectivity index (χ1n) is 10.4. The summed E-state index contributed by atoms with van der Waals surface area (Å²) >= 11 is 0. The Balaban J connectivity index is 1.84. The molecule has 1 fully saturated rings. The monoisotopic (exact) mass is 410 g/mol. The van der Waals surface area contributed by atoms with E-state index in [2.05, 4.69) is 27.4 Å². The molecule has 1 heterocycles. The molecule has 3 rings (SSSR count). The van der Waals surface area contributed by atoms with E-state index in [4.69, 9.17) is 0 Å². The van der Waals surface area contributed by atoms with Crippen LogP contribution >= 0.6 is 0 Å². The fraction of sp³-hybridized carbons (Fsp3) is 0.478. The van der Waals surface area contributed by atoms with Gasteiger partial charge in [-0.25, -0.2) is 9.97 Å². The molecule has 30 heavy (non-hydrogen) atoms. The second-order valence-corrected chi connectivity index (χ2v) is 8.21. The van der Waals surface area contributed by atoms with E-state index in [9.17, 15) is 14.7 Å². The van der Waals surface area contributed by atoms with Crippen molar-refractivity contribution in [1.29, 1.82) is 0 Å². The van der Waals surface area contributed by atoms with Crippen LogP contribution in [0.15, 0.2) is 42.9 Å². The Morgan fingerprint density at radius 3 is 2.60 bits per heavy atom. The molecular formula is C23H30N4O3. The number of aromatic nitrogens is 2. The molecule has 0 radical (unpaired) electrons. The lowest BCUT2D eigenvalue weighted by atomic mass is 9.74. The first-order chi connectivity index (χ1) is 14.3. The first-order valence-corrected chi connectivity index (χ1v) is 10.4. The summed E-state index contributed by atoms with van der Waals surface area (Å²) in [5.41, 5.74) is 1.93. The van der Waals surface area contributed by atoms with Crippen molar-refractivity contribution in [2.24, 2.45) is 0 Å². The van der Waals surface area contributed by atoms with Crippen LogP contribution in [0, 0.1) is 6.92 Å². The lowest BCUT2D eigenvalue weighted by Gasteiger charge is -2.34. The van der Waals surface area contributed by atoms with Gasteiger partial charge in [0.2, 0.25) is 5.91 Å². The first kappa shape index (κ1) is 21.9. The van der Waals surface area contributed by atoms with E-state index in [-0.39, 0.29) is 23.3 Å². The summed E-state index contributed by atoms with van der Waals surface area (Å²) in [5, 5.41) is 13.9. The number of carbonyl (C=O) groups is 2. The second-order valence-electron chi connectivity index (χ2n) is 8.21. The zero-order valence-corrected chi connectivity index (χ0v) is 17.8. The number of rotatable bonds is 5. The van der Waals surface area contributed by atoms with Crippen molar-refractivity contribution in [1.82, 2.24) is 20.2 Å². The van der Waals surface area contributed by atoms with Gasteiger partial charge in [-0.15, -0.1) is 0 Å². The average molecular weight is 411 g/mol. The molecular weight excluding hydrogens is 380 g/mol. The Morgan fingerprint density at radius 2 is 1.93 bits per heavy atom. The number of aliphatic hydroxyl groups excluding tert-OH is 1. The van der Waals surface area contributed by atoms with Crippen LogP contribution in [0.2, 0.25) is 0 Å². The molecule has 2 amide bonds. The Bertz CT molecular complexity index is 889. The molecule has 1 aromatic heterocycles. The summed E-state index contributed by atoms with van der Waals surface area (Å²) in [7, 11) is 1.73. The third-order valence-corrected chi connectivity index (χ3v) is 6.30. The minimum atomic E-state index is -0.646. The van der Waals surface area contributed by atoms with E-state index >= 15 is 0 Å². The smallest absolute Gasteiger partial charge is 0.257 e. The van der Waals surface area contributed by atoms with E-state index in [1.807, 2.05) is 18.2 Å². The number of aryl methyl sites for hydroxylation is 1. The number of hydrogen-bond donors (Lipinski definition) is 2. The van der Waals surface area contributed by atoms with E-state index in [0.717, 1.165) is 18.4 Å². The SMILES string of the molecule is CC(=O)NC[C@]1(c2ccccc2)CC[C@H](O)[C@@H](N(C)C(=O)c2cncnc2C)CC1. The molecule has 1 aliphatic carbocycles. The summed E-state index contributed by atoms with van der Waals surface area (Å²) in [6, 6.07) is 9.80. The molecule has 0 unspecified atom stereocenters. The van der Waals surface area contributed by atoms with E-state index in [1.165, 1.54) is 19.4 Å². The number of nitrogens with zero attached hydrogens (tertiary/aromatic N) is 3. The summed E-state index contributed by atoms with van der Waals surface area (Å²) < 4.78 is 0. The van der Waals surface area contributed by atoms with Crippen LogP contribution in [0.1, 0.15) is 54.2 Å². The fourth-order valence-electron chi connectivity index (χ4n) is 4.40. The molecule has 7 heteroatoms. The van der Waals surface area contributed by atoms with Crippen LogP contribution in [0.4, 0.5) is 0 Å². The summed E-state index contributed by atoms with van der Waals surface area (Å²) in [6.07, 6.45) is 4.95. The van der Waals surface area contributed by atoms with Crippen LogP contribution in [0.25, 0.3) is 0 Å². The molecule has 2 aromatic rings. The number of benzene rings is 1. The third kappa shape index (κ3) is 4.67. The minimum absolute atomic E-state index is 0.0708. The Kier molecular flexibility index (Phi) is 6.82. The number of hydrogen-bond acceptors (Lipinski definition) is 5. The van der Waals surface area contributed by atoms with Gasteiger partial charge < -0.3 is 15.3 Å². The number of amides is 2. The number of nitrogens with one attached hydrogen (secondary N) is 1. The average Bonchev–Trinajstić information content (AvgIpc) is 2.92. The Hall–Kier alpha value is -2.80. The maximum atomic E-state index is 13.0. The lowest BCUT2D eigenvalue weighted by molar-refractivity contribution is -0.119. The Labute approximate surface area is 177 Å². The highest BCUT2D eigenvalue weighted by Gasteiger charge is 2.40. The Morgan fingerprint density at radius 1 is 1.23 bits per heavy atom. The maximum absolute atomic E-state index is 13.0. The predicted octanol–water partition coefficient (Wildman–Crippen LogP) is 2.23. The van der Waals surface area contributed by atoms with E-state index < -0.39 is 6.10 Å². The molecule has 3 atom stereocenters. The van der Waals surface area contributed by atoms with Gasteiger partial charge in [-0.1, -0.05) is 30.3 Å². The van der Waals surface area contributed by atoms with Crippen molar-refractivity contribution in [2.75, 3.05) is 13.6 Å². The standard InChI is InChI=1S/C23H30N4O3/c1-16-19(13-24-15-26-16)22(30)27(3)20-9-11-23(12-10-21(20)29,14-25-17(2)28)18-7-5-4-6-8-18/h4-8,13,15,20-21,29H,9-12,14H2,1-3H3,(H,25,28)/t20-,21-,23+/m0/s1.